The monoisotopic (exact) mass is 309 g/mol. The van der Waals surface area contributed by atoms with Gasteiger partial charge in [0.15, 0.2) is 0 Å². The molecule has 21 heavy (non-hydrogen) atoms. The number of hydrogen-bond acceptors (Lipinski definition) is 4. The summed E-state index contributed by atoms with van der Waals surface area (Å²) in [6.45, 7) is 1.67. The second-order valence-corrected chi connectivity index (χ2v) is 5.81. The van der Waals surface area contributed by atoms with E-state index in [1.54, 1.807) is 25.3 Å². The van der Waals surface area contributed by atoms with Crippen LogP contribution in [-0.4, -0.2) is 19.3 Å². The van der Waals surface area contributed by atoms with Gasteiger partial charge in [-0.15, -0.1) is 0 Å². The van der Waals surface area contributed by atoms with Gasteiger partial charge in [0.05, 0.1) is 5.56 Å². The number of carbonyl (C=O) groups is 1. The highest BCUT2D eigenvalue weighted by molar-refractivity contribution is 7.89. The Kier molecular flexibility index (Phi) is 4.01. The topological polar surface area (TPSA) is 102 Å². The number of halogens is 1. The van der Waals surface area contributed by atoms with E-state index in [0.717, 1.165) is 12.1 Å². The van der Waals surface area contributed by atoms with Crippen molar-refractivity contribution >= 4 is 21.6 Å². The van der Waals surface area contributed by atoms with Crippen LogP contribution in [0.2, 0.25) is 0 Å². The molecule has 6 nitrogen and oxygen atoms in total. The van der Waals surface area contributed by atoms with Gasteiger partial charge in [-0.1, -0.05) is 0 Å². The summed E-state index contributed by atoms with van der Waals surface area (Å²) >= 11 is 0. The van der Waals surface area contributed by atoms with Crippen molar-refractivity contribution in [3.8, 4) is 0 Å². The summed E-state index contributed by atoms with van der Waals surface area (Å²) < 4.78 is 35.8. The van der Waals surface area contributed by atoms with Crippen LogP contribution >= 0.6 is 0 Å². The van der Waals surface area contributed by atoms with Crippen molar-refractivity contribution in [2.75, 3.05) is 5.32 Å². The van der Waals surface area contributed by atoms with Gasteiger partial charge in [-0.2, -0.15) is 0 Å². The molecule has 0 saturated carbocycles. The van der Waals surface area contributed by atoms with Gasteiger partial charge < -0.3 is 5.32 Å². The van der Waals surface area contributed by atoms with Gasteiger partial charge in [-0.05, 0) is 37.3 Å². The van der Waals surface area contributed by atoms with E-state index >= 15 is 0 Å². The van der Waals surface area contributed by atoms with Crippen molar-refractivity contribution in [2.45, 2.75) is 11.8 Å². The maximum atomic E-state index is 13.7. The van der Waals surface area contributed by atoms with Crippen molar-refractivity contribution in [3.05, 3.63) is 53.6 Å². The highest BCUT2D eigenvalue weighted by Gasteiger charge is 2.16. The number of nitrogens with zero attached hydrogens (tertiary/aromatic N) is 1. The predicted octanol–water partition coefficient (Wildman–Crippen LogP) is 1.43. The average molecular weight is 309 g/mol. The van der Waals surface area contributed by atoms with Crippen LogP contribution in [0.15, 0.2) is 41.4 Å². The fourth-order valence-electron chi connectivity index (χ4n) is 1.73. The molecule has 2 rings (SSSR count). The zero-order valence-corrected chi connectivity index (χ0v) is 11.8. The van der Waals surface area contributed by atoms with E-state index in [4.69, 9.17) is 5.14 Å². The van der Waals surface area contributed by atoms with Crippen LogP contribution < -0.4 is 10.5 Å². The van der Waals surface area contributed by atoms with Gasteiger partial charge in [-0.25, -0.2) is 17.9 Å². The van der Waals surface area contributed by atoms with Crippen molar-refractivity contribution in [3.63, 3.8) is 0 Å². The highest BCUT2D eigenvalue weighted by atomic mass is 32.2. The van der Waals surface area contributed by atoms with Crippen LogP contribution in [0.1, 0.15) is 16.1 Å². The van der Waals surface area contributed by atoms with E-state index in [9.17, 15) is 17.6 Å². The summed E-state index contributed by atoms with van der Waals surface area (Å²) in [5, 5.41) is 7.32. The summed E-state index contributed by atoms with van der Waals surface area (Å²) in [4.78, 5) is 15.4. The molecule has 0 atom stereocenters. The number of aryl methyl sites for hydroxylation is 1. The smallest absolute Gasteiger partial charge is 0.257 e. The molecule has 0 spiro atoms. The lowest BCUT2D eigenvalue weighted by Gasteiger charge is -2.08. The molecular weight excluding hydrogens is 297 g/mol. The summed E-state index contributed by atoms with van der Waals surface area (Å²) in [7, 11) is -4.14. The molecule has 0 aliphatic heterocycles. The number of rotatable bonds is 3. The predicted molar refractivity (Wildman–Crippen MR) is 74.7 cm³/mol. The molecule has 1 aromatic carbocycles. The Morgan fingerprint density at radius 2 is 2.05 bits per heavy atom. The molecule has 110 valence electrons. The normalized spacial score (nSPS) is 11.2. The summed E-state index contributed by atoms with van der Waals surface area (Å²) in [6.07, 6.45) is 1.55. The van der Waals surface area contributed by atoms with Gasteiger partial charge in [-0.3, -0.25) is 9.78 Å². The van der Waals surface area contributed by atoms with Crippen molar-refractivity contribution in [1.82, 2.24) is 4.98 Å². The first-order valence-corrected chi connectivity index (χ1v) is 7.39. The number of carbonyl (C=O) groups excluding carboxylic acids is 1. The van der Waals surface area contributed by atoms with E-state index < -0.39 is 26.6 Å². The van der Waals surface area contributed by atoms with Gasteiger partial charge in [0.25, 0.3) is 5.91 Å². The number of sulfonamides is 1. The van der Waals surface area contributed by atoms with Gasteiger partial charge in [0.2, 0.25) is 10.0 Å². The van der Waals surface area contributed by atoms with E-state index in [-0.39, 0.29) is 5.69 Å². The van der Waals surface area contributed by atoms with E-state index in [2.05, 4.69) is 10.3 Å². The number of pyridine rings is 1. The molecule has 1 amide bonds. The van der Waals surface area contributed by atoms with E-state index in [0.29, 0.717) is 11.3 Å². The third-order valence-electron chi connectivity index (χ3n) is 2.75. The molecule has 0 radical (unpaired) electrons. The van der Waals surface area contributed by atoms with Crippen LogP contribution in [0.3, 0.4) is 0 Å². The molecule has 2 aromatic rings. The molecule has 1 heterocycles. The molecule has 0 fully saturated rings. The maximum absolute atomic E-state index is 13.7. The molecule has 0 aliphatic rings. The molecule has 0 saturated heterocycles. The molecular formula is C13H12FN3O3S. The number of amides is 1. The van der Waals surface area contributed by atoms with Gasteiger partial charge in [0, 0.05) is 17.6 Å². The molecule has 8 heteroatoms. The van der Waals surface area contributed by atoms with Crippen LogP contribution in [-0.2, 0) is 10.0 Å². The third-order valence-corrected chi connectivity index (χ3v) is 3.69. The Labute approximate surface area is 120 Å². The van der Waals surface area contributed by atoms with Crippen molar-refractivity contribution < 1.29 is 17.6 Å². The summed E-state index contributed by atoms with van der Waals surface area (Å²) in [6, 6.07) is 6.32. The van der Waals surface area contributed by atoms with Crippen molar-refractivity contribution in [1.29, 1.82) is 0 Å². The lowest BCUT2D eigenvalue weighted by Crippen LogP contribution is -2.16. The Bertz CT molecular complexity index is 806. The quantitative estimate of drug-likeness (QED) is 0.895. The molecule has 0 bridgehead atoms. The lowest BCUT2D eigenvalue weighted by molar-refractivity contribution is 0.102. The minimum atomic E-state index is -4.14. The van der Waals surface area contributed by atoms with E-state index in [1.165, 1.54) is 6.07 Å². The number of hydrogen-bond donors (Lipinski definition) is 2. The number of anilines is 1. The molecule has 0 unspecified atom stereocenters. The zero-order valence-electron chi connectivity index (χ0n) is 11.0. The number of nitrogens with one attached hydrogen (secondary N) is 1. The van der Waals surface area contributed by atoms with Crippen LogP contribution in [0, 0.1) is 12.7 Å². The SMILES string of the molecule is Cc1ncccc1C(=O)Nc1ccc(S(N)(=O)=O)c(F)c1. The average Bonchev–Trinajstić information content (AvgIpc) is 2.37. The summed E-state index contributed by atoms with van der Waals surface area (Å²) in [5.41, 5.74) is 0.984. The Hall–Kier alpha value is -2.32. The fraction of sp³-hybridized carbons (Fsp3) is 0.0769. The van der Waals surface area contributed by atoms with Crippen LogP contribution in [0.5, 0.6) is 0 Å². The molecule has 0 aliphatic carbocycles. The van der Waals surface area contributed by atoms with Crippen LogP contribution in [0.4, 0.5) is 10.1 Å². The minimum Gasteiger partial charge on any atom is -0.322 e. The standard InChI is InChI=1S/C13H12FN3O3S/c1-8-10(3-2-6-16-8)13(18)17-9-4-5-12(11(14)7-9)21(15,19)20/h2-7H,1H3,(H,17,18)(H2,15,19,20). The lowest BCUT2D eigenvalue weighted by atomic mass is 10.2. The molecule has 1 aromatic heterocycles. The number of nitrogens with two attached hydrogens (primary N) is 1. The van der Waals surface area contributed by atoms with Crippen molar-refractivity contribution in [2.24, 2.45) is 5.14 Å². The third kappa shape index (κ3) is 3.41. The maximum Gasteiger partial charge on any atom is 0.257 e. The fourth-order valence-corrected chi connectivity index (χ4v) is 2.32. The second kappa shape index (κ2) is 5.58. The molecule has 3 N–H and O–H groups in total. The van der Waals surface area contributed by atoms with E-state index in [1.807, 2.05) is 0 Å². The van der Waals surface area contributed by atoms with Gasteiger partial charge >= 0.3 is 0 Å². The largest absolute Gasteiger partial charge is 0.322 e. The Morgan fingerprint density at radius 3 is 2.62 bits per heavy atom. The van der Waals surface area contributed by atoms with Crippen LogP contribution in [0.25, 0.3) is 0 Å². The number of primary sulfonamides is 1. The summed E-state index contributed by atoms with van der Waals surface area (Å²) in [5.74, 6) is -1.50. The Balaban J connectivity index is 2.27. The first-order chi connectivity index (χ1) is 9.79. The highest BCUT2D eigenvalue weighted by Crippen LogP contribution is 2.18. The first-order valence-electron chi connectivity index (χ1n) is 5.84. The van der Waals surface area contributed by atoms with Gasteiger partial charge in [0.1, 0.15) is 10.7 Å². The number of benzene rings is 1. The number of aromatic nitrogens is 1. The first kappa shape index (κ1) is 15.1. The second-order valence-electron chi connectivity index (χ2n) is 4.28. The Morgan fingerprint density at radius 1 is 1.33 bits per heavy atom. The minimum absolute atomic E-state index is 0.119. The zero-order chi connectivity index (χ0) is 15.6.